The number of amides is 3. The summed E-state index contributed by atoms with van der Waals surface area (Å²) in [4.78, 5) is 25.1. The lowest BCUT2D eigenvalue weighted by Gasteiger charge is -2.18. The van der Waals surface area contributed by atoms with Crippen LogP contribution in [0.15, 0.2) is 54.6 Å². The first kappa shape index (κ1) is 16.0. The lowest BCUT2D eigenvalue weighted by atomic mass is 10.1. The van der Waals surface area contributed by atoms with Gasteiger partial charge in [0.15, 0.2) is 0 Å². The molecule has 3 amide bonds. The SMILES string of the molecule is O=C1NC(Cc2ccccc2)C(=O)N1c1ccccc1C(F)(F)F. The van der Waals surface area contributed by atoms with Gasteiger partial charge in [-0.1, -0.05) is 42.5 Å². The fourth-order valence-corrected chi connectivity index (χ4v) is 2.66. The number of alkyl halides is 3. The number of carbonyl (C=O) groups excluding carboxylic acids is 2. The second-order valence-corrected chi connectivity index (χ2v) is 5.38. The summed E-state index contributed by atoms with van der Waals surface area (Å²) >= 11 is 0. The summed E-state index contributed by atoms with van der Waals surface area (Å²) in [5, 5.41) is 2.45. The Hall–Kier alpha value is -2.83. The van der Waals surface area contributed by atoms with E-state index in [0.717, 1.165) is 17.7 Å². The molecule has 1 aliphatic heterocycles. The molecule has 0 aromatic heterocycles. The van der Waals surface area contributed by atoms with E-state index in [2.05, 4.69) is 5.32 Å². The Labute approximate surface area is 135 Å². The zero-order valence-corrected chi connectivity index (χ0v) is 12.4. The molecule has 1 heterocycles. The zero-order valence-electron chi connectivity index (χ0n) is 12.4. The number of benzene rings is 2. The van der Waals surface area contributed by atoms with Gasteiger partial charge in [-0.25, -0.2) is 9.69 Å². The van der Waals surface area contributed by atoms with Crippen molar-refractivity contribution in [1.29, 1.82) is 0 Å². The third kappa shape index (κ3) is 2.97. The van der Waals surface area contributed by atoms with E-state index in [0.29, 0.717) is 4.90 Å². The van der Waals surface area contributed by atoms with E-state index in [4.69, 9.17) is 0 Å². The molecule has 0 radical (unpaired) electrons. The number of rotatable bonds is 3. The molecule has 1 saturated heterocycles. The number of carbonyl (C=O) groups is 2. The molecule has 1 N–H and O–H groups in total. The highest BCUT2D eigenvalue weighted by Gasteiger charge is 2.43. The van der Waals surface area contributed by atoms with Gasteiger partial charge in [-0.2, -0.15) is 13.2 Å². The van der Waals surface area contributed by atoms with Gasteiger partial charge < -0.3 is 5.32 Å². The molecule has 2 aromatic carbocycles. The quantitative estimate of drug-likeness (QED) is 0.875. The van der Waals surface area contributed by atoms with Crippen molar-refractivity contribution in [3.63, 3.8) is 0 Å². The number of halogens is 3. The number of urea groups is 1. The Morgan fingerprint density at radius 1 is 0.958 bits per heavy atom. The standard InChI is InChI=1S/C17H13F3N2O2/c18-17(19,20)12-8-4-5-9-14(12)22-15(23)13(21-16(22)24)10-11-6-2-1-3-7-11/h1-9,13H,10H2,(H,21,24). The molecular formula is C17H13F3N2O2. The van der Waals surface area contributed by atoms with Crippen molar-refractivity contribution < 1.29 is 22.8 Å². The van der Waals surface area contributed by atoms with E-state index < -0.39 is 35.4 Å². The molecule has 0 saturated carbocycles. The first-order valence-corrected chi connectivity index (χ1v) is 7.22. The van der Waals surface area contributed by atoms with Gasteiger partial charge in [0, 0.05) is 6.42 Å². The minimum Gasteiger partial charge on any atom is -0.325 e. The third-order valence-electron chi connectivity index (χ3n) is 3.75. The van der Waals surface area contributed by atoms with Crippen molar-refractivity contribution in [2.24, 2.45) is 0 Å². The summed E-state index contributed by atoms with van der Waals surface area (Å²) in [6.07, 6.45) is -4.44. The predicted octanol–water partition coefficient (Wildman–Crippen LogP) is 3.37. The lowest BCUT2D eigenvalue weighted by molar-refractivity contribution is -0.137. The largest absolute Gasteiger partial charge is 0.418 e. The van der Waals surface area contributed by atoms with Crippen LogP contribution in [0.3, 0.4) is 0 Å². The molecule has 24 heavy (non-hydrogen) atoms. The highest BCUT2D eigenvalue weighted by molar-refractivity contribution is 6.21. The fourth-order valence-electron chi connectivity index (χ4n) is 2.66. The minimum absolute atomic E-state index is 0.218. The summed E-state index contributed by atoms with van der Waals surface area (Å²) in [6, 6.07) is 11.7. The number of anilines is 1. The zero-order chi connectivity index (χ0) is 17.3. The van der Waals surface area contributed by atoms with Gasteiger partial charge in [0.2, 0.25) is 0 Å². The normalized spacial score (nSPS) is 18.0. The van der Waals surface area contributed by atoms with Gasteiger partial charge >= 0.3 is 12.2 Å². The molecule has 2 aromatic rings. The molecule has 7 heteroatoms. The van der Waals surface area contributed by atoms with Crippen LogP contribution in [0, 0.1) is 0 Å². The van der Waals surface area contributed by atoms with Crippen molar-refractivity contribution in [3.8, 4) is 0 Å². The maximum Gasteiger partial charge on any atom is 0.418 e. The Bertz CT molecular complexity index is 775. The van der Waals surface area contributed by atoms with Crippen molar-refractivity contribution in [1.82, 2.24) is 5.32 Å². The van der Waals surface area contributed by atoms with Crippen LogP contribution in [-0.2, 0) is 17.4 Å². The van der Waals surface area contributed by atoms with Gasteiger partial charge in [-0.05, 0) is 17.7 Å². The number of nitrogens with zero attached hydrogens (tertiary/aromatic N) is 1. The first-order valence-electron chi connectivity index (χ1n) is 7.22. The average molecular weight is 334 g/mol. The molecule has 4 nitrogen and oxygen atoms in total. The molecule has 1 fully saturated rings. The third-order valence-corrected chi connectivity index (χ3v) is 3.75. The number of nitrogens with one attached hydrogen (secondary N) is 1. The highest BCUT2D eigenvalue weighted by Crippen LogP contribution is 2.37. The van der Waals surface area contributed by atoms with Crippen molar-refractivity contribution in [3.05, 3.63) is 65.7 Å². The molecule has 0 spiro atoms. The van der Waals surface area contributed by atoms with Crippen molar-refractivity contribution >= 4 is 17.6 Å². The van der Waals surface area contributed by atoms with Crippen LogP contribution >= 0.6 is 0 Å². The second-order valence-electron chi connectivity index (χ2n) is 5.38. The van der Waals surface area contributed by atoms with Crippen LogP contribution in [0.2, 0.25) is 0 Å². The summed E-state index contributed by atoms with van der Waals surface area (Å²) in [5.41, 5.74) is -0.668. The molecular weight excluding hydrogens is 321 g/mol. The topological polar surface area (TPSA) is 49.4 Å². The van der Waals surface area contributed by atoms with Gasteiger partial charge in [0.05, 0.1) is 11.3 Å². The van der Waals surface area contributed by atoms with Gasteiger partial charge in [-0.15, -0.1) is 0 Å². The minimum atomic E-state index is -4.66. The van der Waals surface area contributed by atoms with Gasteiger partial charge in [0.25, 0.3) is 5.91 Å². The van der Waals surface area contributed by atoms with E-state index in [9.17, 15) is 22.8 Å². The van der Waals surface area contributed by atoms with E-state index in [1.165, 1.54) is 12.1 Å². The summed E-state index contributed by atoms with van der Waals surface area (Å²) in [6.45, 7) is 0. The summed E-state index contributed by atoms with van der Waals surface area (Å²) < 4.78 is 39.4. The number of imide groups is 1. The summed E-state index contributed by atoms with van der Waals surface area (Å²) in [5.74, 6) is -0.694. The number of hydrogen-bond donors (Lipinski definition) is 1. The monoisotopic (exact) mass is 334 g/mol. The molecule has 3 rings (SSSR count). The van der Waals surface area contributed by atoms with Crippen LogP contribution < -0.4 is 10.2 Å². The molecule has 1 unspecified atom stereocenters. The maximum atomic E-state index is 13.1. The average Bonchev–Trinajstić information content (AvgIpc) is 2.81. The molecule has 1 atom stereocenters. The summed E-state index contributed by atoms with van der Waals surface area (Å²) in [7, 11) is 0. The van der Waals surface area contributed by atoms with Crippen LogP contribution in [0.4, 0.5) is 23.7 Å². The molecule has 124 valence electrons. The van der Waals surface area contributed by atoms with E-state index >= 15 is 0 Å². The van der Waals surface area contributed by atoms with Gasteiger partial charge in [-0.3, -0.25) is 4.79 Å². The maximum absolute atomic E-state index is 13.1. The molecule has 1 aliphatic rings. The van der Waals surface area contributed by atoms with E-state index in [-0.39, 0.29) is 6.42 Å². The van der Waals surface area contributed by atoms with Gasteiger partial charge in [0.1, 0.15) is 6.04 Å². The number of para-hydroxylation sites is 1. The first-order chi connectivity index (χ1) is 11.4. The van der Waals surface area contributed by atoms with E-state index in [1.54, 1.807) is 24.3 Å². The second kappa shape index (κ2) is 5.99. The highest BCUT2D eigenvalue weighted by atomic mass is 19.4. The van der Waals surface area contributed by atoms with Crippen molar-refractivity contribution in [2.45, 2.75) is 18.6 Å². The van der Waals surface area contributed by atoms with Crippen LogP contribution in [0.25, 0.3) is 0 Å². The Balaban J connectivity index is 1.91. The Morgan fingerprint density at radius 2 is 1.58 bits per heavy atom. The molecule has 0 aliphatic carbocycles. The number of hydrogen-bond acceptors (Lipinski definition) is 2. The van der Waals surface area contributed by atoms with E-state index in [1.807, 2.05) is 6.07 Å². The Morgan fingerprint density at radius 3 is 2.25 bits per heavy atom. The van der Waals surface area contributed by atoms with Crippen LogP contribution in [-0.4, -0.2) is 18.0 Å². The van der Waals surface area contributed by atoms with Crippen molar-refractivity contribution in [2.75, 3.05) is 4.90 Å². The smallest absolute Gasteiger partial charge is 0.325 e. The van der Waals surface area contributed by atoms with Crippen LogP contribution in [0.1, 0.15) is 11.1 Å². The molecule has 0 bridgehead atoms. The lowest BCUT2D eigenvalue weighted by Crippen LogP contribution is -2.33. The fraction of sp³-hybridized carbons (Fsp3) is 0.176. The predicted molar refractivity (Wildman–Crippen MR) is 81.4 cm³/mol. The Kier molecular flexibility index (Phi) is 4.01. The van der Waals surface area contributed by atoms with Crippen LogP contribution in [0.5, 0.6) is 0 Å².